The topological polar surface area (TPSA) is 55.2 Å². The molecule has 2 aromatic rings. The van der Waals surface area contributed by atoms with Crippen molar-refractivity contribution in [3.63, 3.8) is 0 Å². The van der Waals surface area contributed by atoms with Crippen LogP contribution < -0.4 is 4.74 Å². The molecule has 0 saturated carbocycles. The first-order valence-electron chi connectivity index (χ1n) is 5.92. The predicted molar refractivity (Wildman–Crippen MR) is 81.2 cm³/mol. The largest absolute Gasteiger partial charge is 0.497 e. The van der Waals surface area contributed by atoms with Gasteiger partial charge in [-0.05, 0) is 30.7 Å². The van der Waals surface area contributed by atoms with Gasteiger partial charge in [0.1, 0.15) is 17.4 Å². The molecule has 104 valence electrons. The molecule has 0 aliphatic heterocycles. The van der Waals surface area contributed by atoms with Crippen LogP contribution in [0.4, 0.5) is 0 Å². The van der Waals surface area contributed by atoms with Crippen molar-refractivity contribution in [3.8, 4) is 17.6 Å². The molecule has 1 N–H and O–H groups in total. The minimum absolute atomic E-state index is 0.145. The maximum Gasteiger partial charge on any atom is 0.174 e. The minimum Gasteiger partial charge on any atom is -0.497 e. The van der Waals surface area contributed by atoms with Crippen molar-refractivity contribution in [2.45, 2.75) is 17.0 Å². The molecule has 0 aliphatic carbocycles. The van der Waals surface area contributed by atoms with Gasteiger partial charge >= 0.3 is 0 Å². The van der Waals surface area contributed by atoms with E-state index in [-0.39, 0.29) is 6.61 Å². The highest BCUT2D eigenvalue weighted by atomic mass is 32.2. The lowest BCUT2D eigenvalue weighted by atomic mass is 10.1. The van der Waals surface area contributed by atoms with E-state index < -0.39 is 0 Å². The zero-order chi connectivity index (χ0) is 14.4. The summed E-state index contributed by atoms with van der Waals surface area (Å²) in [7, 11) is 1.64. The average molecular weight is 306 g/mol. The summed E-state index contributed by atoms with van der Waals surface area (Å²) >= 11 is 3.19. The molecule has 4 nitrogen and oxygen atoms in total. The first-order valence-corrected chi connectivity index (χ1v) is 7.72. The number of aryl methyl sites for hydroxylation is 1. The molecule has 0 fully saturated rings. The van der Waals surface area contributed by atoms with Crippen molar-refractivity contribution in [1.82, 2.24) is 10.2 Å². The zero-order valence-electron chi connectivity index (χ0n) is 11.2. The van der Waals surface area contributed by atoms with Crippen LogP contribution in [-0.2, 0) is 5.75 Å². The van der Waals surface area contributed by atoms with E-state index in [4.69, 9.17) is 9.84 Å². The first-order chi connectivity index (χ1) is 9.72. The number of rotatable bonds is 4. The van der Waals surface area contributed by atoms with E-state index in [0.29, 0.717) is 0 Å². The summed E-state index contributed by atoms with van der Waals surface area (Å²) in [5.74, 6) is 7.16. The van der Waals surface area contributed by atoms with Crippen molar-refractivity contribution in [2.24, 2.45) is 0 Å². The summed E-state index contributed by atoms with van der Waals surface area (Å²) in [6.07, 6.45) is 0. The number of thioether (sulfide) groups is 1. The van der Waals surface area contributed by atoms with Crippen molar-refractivity contribution < 1.29 is 9.84 Å². The van der Waals surface area contributed by atoms with Gasteiger partial charge in [-0.2, -0.15) is 0 Å². The molecule has 0 saturated heterocycles. The zero-order valence-corrected chi connectivity index (χ0v) is 12.8. The second-order valence-electron chi connectivity index (χ2n) is 3.86. The number of aromatic nitrogens is 2. The third-order valence-corrected chi connectivity index (χ3v) is 4.49. The number of aliphatic hydroxyl groups is 1. The highest BCUT2D eigenvalue weighted by molar-refractivity contribution is 8.00. The van der Waals surface area contributed by atoms with E-state index in [1.54, 1.807) is 30.2 Å². The number of methoxy groups -OCH3 is 1. The van der Waals surface area contributed by atoms with Crippen molar-refractivity contribution in [3.05, 3.63) is 34.3 Å². The summed E-state index contributed by atoms with van der Waals surface area (Å²) in [6.45, 7) is 1.79. The lowest BCUT2D eigenvalue weighted by Crippen LogP contribution is -1.91. The van der Waals surface area contributed by atoms with Gasteiger partial charge in [0.25, 0.3) is 0 Å². The molecule has 0 spiro atoms. The molecule has 1 aromatic heterocycles. The molecule has 0 aliphatic rings. The lowest BCUT2D eigenvalue weighted by Gasteiger charge is -2.06. The Balaban J connectivity index is 2.18. The predicted octanol–water partition coefficient (Wildman–Crippen LogP) is 2.49. The van der Waals surface area contributed by atoms with Crippen LogP contribution in [-0.4, -0.2) is 29.0 Å². The number of benzene rings is 1. The fourth-order valence-corrected chi connectivity index (χ4v) is 3.36. The van der Waals surface area contributed by atoms with Gasteiger partial charge in [-0.1, -0.05) is 34.9 Å². The number of ether oxygens (including phenoxy) is 1. The standard InChI is InChI=1S/C14H14N2O2S2/c1-10-15-16-14(20-10)19-9-12-8-13(18-2)6-5-11(12)4-3-7-17/h5-6,8,17H,7,9H2,1-2H3. The van der Waals surface area contributed by atoms with Crippen molar-refractivity contribution in [1.29, 1.82) is 0 Å². The third kappa shape index (κ3) is 3.97. The Labute approximate surface area is 126 Å². The Kier molecular flexibility index (Phi) is 5.41. The van der Waals surface area contributed by atoms with Crippen LogP contribution in [0.25, 0.3) is 0 Å². The Morgan fingerprint density at radius 3 is 2.90 bits per heavy atom. The first kappa shape index (κ1) is 14.9. The molecule has 2 rings (SSSR count). The van der Waals surface area contributed by atoms with Gasteiger partial charge in [0.2, 0.25) is 0 Å². The average Bonchev–Trinajstić information content (AvgIpc) is 2.89. The van der Waals surface area contributed by atoms with Gasteiger partial charge in [0, 0.05) is 11.3 Å². The normalized spacial score (nSPS) is 9.95. The van der Waals surface area contributed by atoms with Crippen LogP contribution in [0.3, 0.4) is 0 Å². The number of aliphatic hydroxyl groups excluding tert-OH is 1. The van der Waals surface area contributed by atoms with E-state index in [0.717, 1.165) is 32.0 Å². The van der Waals surface area contributed by atoms with Gasteiger partial charge in [-0.3, -0.25) is 0 Å². The van der Waals surface area contributed by atoms with E-state index >= 15 is 0 Å². The summed E-state index contributed by atoms with van der Waals surface area (Å²) in [6, 6.07) is 5.73. The maximum absolute atomic E-state index is 8.81. The van der Waals surface area contributed by atoms with Gasteiger partial charge in [0.05, 0.1) is 7.11 Å². The summed E-state index contributed by atoms with van der Waals surface area (Å²) in [4.78, 5) is 0. The maximum atomic E-state index is 8.81. The smallest absolute Gasteiger partial charge is 0.174 e. The monoisotopic (exact) mass is 306 g/mol. The van der Waals surface area contributed by atoms with Gasteiger partial charge in [-0.15, -0.1) is 10.2 Å². The van der Waals surface area contributed by atoms with Crippen LogP contribution in [0.2, 0.25) is 0 Å². The van der Waals surface area contributed by atoms with E-state index in [1.807, 2.05) is 25.1 Å². The van der Waals surface area contributed by atoms with E-state index in [2.05, 4.69) is 22.0 Å². The molecule has 0 atom stereocenters. The molecule has 1 heterocycles. The van der Waals surface area contributed by atoms with Crippen LogP contribution in [0.5, 0.6) is 5.75 Å². The molecule has 6 heteroatoms. The summed E-state index contributed by atoms with van der Waals surface area (Å²) in [5.41, 5.74) is 1.96. The van der Waals surface area contributed by atoms with Crippen LogP contribution >= 0.6 is 23.1 Å². The van der Waals surface area contributed by atoms with E-state index in [1.165, 1.54) is 0 Å². The number of hydrogen-bond donors (Lipinski definition) is 1. The van der Waals surface area contributed by atoms with Crippen LogP contribution in [0.1, 0.15) is 16.1 Å². The van der Waals surface area contributed by atoms with Gasteiger partial charge in [0.15, 0.2) is 4.34 Å². The Bertz CT molecular complexity index is 644. The summed E-state index contributed by atoms with van der Waals surface area (Å²) in [5, 5.41) is 17.9. The van der Waals surface area contributed by atoms with Crippen LogP contribution in [0.15, 0.2) is 22.5 Å². The number of nitrogens with zero attached hydrogens (tertiary/aromatic N) is 2. The molecule has 0 radical (unpaired) electrons. The molecular weight excluding hydrogens is 292 g/mol. The highest BCUT2D eigenvalue weighted by Gasteiger charge is 2.06. The van der Waals surface area contributed by atoms with Crippen molar-refractivity contribution in [2.75, 3.05) is 13.7 Å². The molecule has 20 heavy (non-hydrogen) atoms. The fraction of sp³-hybridized carbons (Fsp3) is 0.286. The van der Waals surface area contributed by atoms with E-state index in [9.17, 15) is 0 Å². The molecular formula is C14H14N2O2S2. The number of hydrogen-bond acceptors (Lipinski definition) is 6. The minimum atomic E-state index is -0.145. The Morgan fingerprint density at radius 1 is 1.40 bits per heavy atom. The second kappa shape index (κ2) is 7.29. The molecule has 0 amide bonds. The van der Waals surface area contributed by atoms with Crippen molar-refractivity contribution >= 4 is 23.1 Å². The molecule has 0 bridgehead atoms. The second-order valence-corrected chi connectivity index (χ2v) is 6.26. The SMILES string of the molecule is COc1ccc(C#CCO)c(CSc2nnc(C)s2)c1. The Hall–Kier alpha value is -1.55. The molecule has 1 aromatic carbocycles. The Morgan fingerprint density at radius 2 is 2.25 bits per heavy atom. The van der Waals surface area contributed by atoms with Crippen LogP contribution in [0, 0.1) is 18.8 Å². The third-order valence-electron chi connectivity index (χ3n) is 2.47. The molecule has 0 unspecified atom stereocenters. The van der Waals surface area contributed by atoms with Gasteiger partial charge < -0.3 is 9.84 Å². The lowest BCUT2D eigenvalue weighted by molar-refractivity contribution is 0.350. The fourth-order valence-electron chi connectivity index (χ4n) is 1.55. The summed E-state index contributed by atoms with van der Waals surface area (Å²) < 4.78 is 6.17. The quantitative estimate of drug-likeness (QED) is 0.695. The van der Waals surface area contributed by atoms with Gasteiger partial charge in [-0.25, -0.2) is 0 Å². The highest BCUT2D eigenvalue weighted by Crippen LogP contribution is 2.28.